The van der Waals surface area contributed by atoms with Crippen molar-refractivity contribution < 1.29 is 4.42 Å². The standard InChI is InChI=1S/C13H17ClN4O/c1-4-15-9(3)12-17-18-13(19-12)16-11-8(2)6-5-7-10(11)14/h5-7,9,15H,4H2,1-3H3,(H,16,18). The molecule has 102 valence electrons. The summed E-state index contributed by atoms with van der Waals surface area (Å²) in [5.74, 6) is 0.550. The molecule has 1 aromatic heterocycles. The molecule has 0 saturated heterocycles. The largest absolute Gasteiger partial charge is 0.406 e. The molecule has 0 fully saturated rings. The number of hydrogen-bond acceptors (Lipinski definition) is 5. The van der Waals surface area contributed by atoms with E-state index in [9.17, 15) is 0 Å². The van der Waals surface area contributed by atoms with Crippen LogP contribution in [0.25, 0.3) is 0 Å². The maximum atomic E-state index is 6.13. The second-order valence-electron chi connectivity index (χ2n) is 4.28. The first-order valence-electron chi connectivity index (χ1n) is 6.20. The van der Waals surface area contributed by atoms with Crippen LogP contribution in [0, 0.1) is 6.92 Å². The van der Waals surface area contributed by atoms with Crippen molar-refractivity contribution in [1.82, 2.24) is 15.5 Å². The van der Waals surface area contributed by atoms with Gasteiger partial charge in [-0.25, -0.2) is 0 Å². The van der Waals surface area contributed by atoms with Gasteiger partial charge in [-0.3, -0.25) is 0 Å². The lowest BCUT2D eigenvalue weighted by Gasteiger charge is -2.08. The van der Waals surface area contributed by atoms with Crippen LogP contribution in [0.3, 0.4) is 0 Å². The van der Waals surface area contributed by atoms with Crippen molar-refractivity contribution in [2.75, 3.05) is 11.9 Å². The van der Waals surface area contributed by atoms with E-state index in [1.165, 1.54) is 0 Å². The third-order valence-corrected chi connectivity index (χ3v) is 3.09. The molecule has 1 atom stereocenters. The van der Waals surface area contributed by atoms with Gasteiger partial charge in [-0.15, -0.1) is 5.10 Å². The van der Waals surface area contributed by atoms with E-state index >= 15 is 0 Å². The van der Waals surface area contributed by atoms with Gasteiger partial charge >= 0.3 is 6.01 Å². The van der Waals surface area contributed by atoms with E-state index in [-0.39, 0.29) is 6.04 Å². The molecule has 2 N–H and O–H groups in total. The zero-order chi connectivity index (χ0) is 13.8. The Hall–Kier alpha value is -1.59. The topological polar surface area (TPSA) is 63.0 Å². The maximum Gasteiger partial charge on any atom is 0.320 e. The molecule has 0 radical (unpaired) electrons. The number of para-hydroxylation sites is 1. The molecule has 0 amide bonds. The minimum absolute atomic E-state index is 0.0281. The van der Waals surface area contributed by atoms with E-state index in [1.807, 2.05) is 39.0 Å². The highest BCUT2D eigenvalue weighted by molar-refractivity contribution is 6.33. The van der Waals surface area contributed by atoms with Crippen LogP contribution in [0.1, 0.15) is 31.3 Å². The monoisotopic (exact) mass is 280 g/mol. The average Bonchev–Trinajstić information content (AvgIpc) is 2.83. The molecule has 0 aliphatic heterocycles. The lowest BCUT2D eigenvalue weighted by atomic mass is 10.2. The molecule has 1 unspecified atom stereocenters. The number of hydrogen-bond donors (Lipinski definition) is 2. The Kier molecular flexibility index (Phi) is 4.39. The maximum absolute atomic E-state index is 6.13. The number of rotatable bonds is 5. The molecule has 0 aliphatic carbocycles. The second kappa shape index (κ2) is 6.04. The SMILES string of the molecule is CCNC(C)c1nnc(Nc2c(C)cccc2Cl)o1. The molecular formula is C13H17ClN4O. The van der Waals surface area contributed by atoms with Gasteiger partial charge in [0.05, 0.1) is 16.8 Å². The van der Waals surface area contributed by atoms with E-state index in [0.717, 1.165) is 17.8 Å². The van der Waals surface area contributed by atoms with Gasteiger partial charge in [-0.05, 0) is 32.0 Å². The Bertz CT molecular complexity index is 535. The minimum atomic E-state index is 0.0281. The van der Waals surface area contributed by atoms with Gasteiger partial charge in [-0.2, -0.15) is 0 Å². The average molecular weight is 281 g/mol. The zero-order valence-electron chi connectivity index (χ0n) is 11.2. The summed E-state index contributed by atoms with van der Waals surface area (Å²) in [4.78, 5) is 0. The number of aryl methyl sites for hydroxylation is 1. The van der Waals surface area contributed by atoms with E-state index < -0.39 is 0 Å². The van der Waals surface area contributed by atoms with Gasteiger partial charge < -0.3 is 15.1 Å². The lowest BCUT2D eigenvalue weighted by Crippen LogP contribution is -2.17. The first-order chi connectivity index (χ1) is 9.11. The fourth-order valence-corrected chi connectivity index (χ4v) is 2.02. The van der Waals surface area contributed by atoms with Crippen LogP contribution in [0.5, 0.6) is 0 Å². The third-order valence-electron chi connectivity index (χ3n) is 2.78. The Morgan fingerprint density at radius 1 is 1.37 bits per heavy atom. The first-order valence-corrected chi connectivity index (χ1v) is 6.58. The second-order valence-corrected chi connectivity index (χ2v) is 4.69. The summed E-state index contributed by atoms with van der Waals surface area (Å²) >= 11 is 6.13. The van der Waals surface area contributed by atoms with Gasteiger partial charge in [0.15, 0.2) is 0 Å². The van der Waals surface area contributed by atoms with Crippen molar-refractivity contribution in [3.63, 3.8) is 0 Å². The summed E-state index contributed by atoms with van der Waals surface area (Å²) in [6.07, 6.45) is 0. The molecule has 0 bridgehead atoms. The number of nitrogens with zero attached hydrogens (tertiary/aromatic N) is 2. The Labute approximate surface area is 117 Å². The molecular weight excluding hydrogens is 264 g/mol. The number of halogens is 1. The lowest BCUT2D eigenvalue weighted by molar-refractivity contribution is 0.430. The molecule has 6 heteroatoms. The molecule has 0 saturated carbocycles. The van der Waals surface area contributed by atoms with Crippen LogP contribution in [0.2, 0.25) is 5.02 Å². The number of nitrogens with one attached hydrogen (secondary N) is 2. The van der Waals surface area contributed by atoms with E-state index in [0.29, 0.717) is 16.9 Å². The first kappa shape index (κ1) is 13.8. The summed E-state index contributed by atoms with van der Waals surface area (Å²) in [6, 6.07) is 6.05. The van der Waals surface area contributed by atoms with Crippen molar-refractivity contribution in [1.29, 1.82) is 0 Å². The highest BCUT2D eigenvalue weighted by Crippen LogP contribution is 2.28. The number of aromatic nitrogens is 2. The van der Waals surface area contributed by atoms with E-state index in [2.05, 4.69) is 20.8 Å². The summed E-state index contributed by atoms with van der Waals surface area (Å²) in [6.45, 7) is 6.81. The van der Waals surface area contributed by atoms with Crippen molar-refractivity contribution in [2.24, 2.45) is 0 Å². The van der Waals surface area contributed by atoms with Gasteiger partial charge in [0.2, 0.25) is 5.89 Å². The van der Waals surface area contributed by atoms with Gasteiger partial charge in [0.1, 0.15) is 0 Å². The summed E-state index contributed by atoms with van der Waals surface area (Å²) in [5.41, 5.74) is 1.81. The highest BCUT2D eigenvalue weighted by atomic mass is 35.5. The summed E-state index contributed by atoms with van der Waals surface area (Å²) in [5, 5.41) is 14.9. The molecule has 2 aromatic rings. The van der Waals surface area contributed by atoms with Crippen LogP contribution < -0.4 is 10.6 Å². The Balaban J connectivity index is 2.16. The minimum Gasteiger partial charge on any atom is -0.406 e. The quantitative estimate of drug-likeness (QED) is 0.878. The van der Waals surface area contributed by atoms with Crippen LogP contribution in [-0.4, -0.2) is 16.7 Å². The van der Waals surface area contributed by atoms with Crippen LogP contribution in [0.4, 0.5) is 11.7 Å². The molecule has 1 aromatic carbocycles. The van der Waals surface area contributed by atoms with Gasteiger partial charge in [-0.1, -0.05) is 35.8 Å². The predicted octanol–water partition coefficient (Wildman–Crippen LogP) is 3.45. The highest BCUT2D eigenvalue weighted by Gasteiger charge is 2.14. The molecule has 2 rings (SSSR count). The summed E-state index contributed by atoms with van der Waals surface area (Å²) in [7, 11) is 0. The molecule has 5 nitrogen and oxygen atoms in total. The normalized spacial score (nSPS) is 12.4. The van der Waals surface area contributed by atoms with Crippen molar-refractivity contribution >= 4 is 23.3 Å². The van der Waals surface area contributed by atoms with E-state index in [1.54, 1.807) is 0 Å². The Morgan fingerprint density at radius 2 is 2.16 bits per heavy atom. The number of anilines is 2. The van der Waals surface area contributed by atoms with Crippen molar-refractivity contribution in [3.05, 3.63) is 34.7 Å². The van der Waals surface area contributed by atoms with Crippen molar-refractivity contribution in [3.8, 4) is 0 Å². The molecule has 0 spiro atoms. The molecule has 19 heavy (non-hydrogen) atoms. The predicted molar refractivity (Wildman–Crippen MR) is 75.9 cm³/mol. The zero-order valence-corrected chi connectivity index (χ0v) is 12.0. The fraction of sp³-hybridized carbons (Fsp3) is 0.385. The van der Waals surface area contributed by atoms with Gasteiger partial charge in [0.25, 0.3) is 0 Å². The molecule has 1 heterocycles. The van der Waals surface area contributed by atoms with Crippen molar-refractivity contribution in [2.45, 2.75) is 26.8 Å². The number of benzene rings is 1. The molecule has 0 aliphatic rings. The fourth-order valence-electron chi connectivity index (χ4n) is 1.75. The van der Waals surface area contributed by atoms with E-state index in [4.69, 9.17) is 16.0 Å². The third kappa shape index (κ3) is 3.24. The van der Waals surface area contributed by atoms with Crippen LogP contribution >= 0.6 is 11.6 Å². The van der Waals surface area contributed by atoms with Crippen LogP contribution in [-0.2, 0) is 0 Å². The smallest absolute Gasteiger partial charge is 0.320 e. The Morgan fingerprint density at radius 3 is 2.84 bits per heavy atom. The van der Waals surface area contributed by atoms with Gasteiger partial charge in [0, 0.05) is 0 Å². The van der Waals surface area contributed by atoms with Crippen LogP contribution in [0.15, 0.2) is 22.6 Å². The summed E-state index contributed by atoms with van der Waals surface area (Å²) < 4.78 is 5.56.